The Morgan fingerprint density at radius 2 is 2.22 bits per heavy atom. The second-order valence-corrected chi connectivity index (χ2v) is 6.28. The molecule has 1 saturated heterocycles. The molecule has 1 aliphatic rings. The van der Waals surface area contributed by atoms with Crippen LogP contribution < -0.4 is 5.32 Å². The van der Waals surface area contributed by atoms with Gasteiger partial charge in [-0.3, -0.25) is 19.3 Å². The minimum Gasteiger partial charge on any atom is -0.465 e. The molecule has 0 aliphatic carbocycles. The van der Waals surface area contributed by atoms with Gasteiger partial charge in [0.05, 0.1) is 11.2 Å². The number of carbonyl (C=O) groups excluding carboxylic acids is 3. The molecule has 0 bridgehead atoms. The van der Waals surface area contributed by atoms with Gasteiger partial charge in [0.25, 0.3) is 11.1 Å². The van der Waals surface area contributed by atoms with Gasteiger partial charge in [-0.1, -0.05) is 0 Å². The Labute approximate surface area is 138 Å². The number of hydrogen-bond acceptors (Lipinski definition) is 6. The van der Waals surface area contributed by atoms with Crippen LogP contribution in [0.4, 0.5) is 4.79 Å². The predicted molar refractivity (Wildman–Crippen MR) is 87.6 cm³/mol. The van der Waals surface area contributed by atoms with Crippen LogP contribution in [0.1, 0.15) is 12.2 Å². The highest BCUT2D eigenvalue weighted by molar-refractivity contribution is 8.18. The smallest absolute Gasteiger partial charge is 0.294 e. The Hall–Kier alpha value is -2.06. The summed E-state index contributed by atoms with van der Waals surface area (Å²) in [6, 6.07) is 3.38. The van der Waals surface area contributed by atoms with E-state index in [1.807, 2.05) is 19.0 Å². The predicted octanol–water partition coefficient (Wildman–Crippen LogP) is 1.38. The molecule has 124 valence electrons. The number of hydrogen-bond donors (Lipinski definition) is 1. The van der Waals surface area contributed by atoms with Gasteiger partial charge in [0.1, 0.15) is 12.3 Å². The van der Waals surface area contributed by atoms with Crippen molar-refractivity contribution in [1.82, 2.24) is 15.1 Å². The van der Waals surface area contributed by atoms with E-state index in [0.29, 0.717) is 12.3 Å². The van der Waals surface area contributed by atoms with Crippen LogP contribution in [0.5, 0.6) is 0 Å². The summed E-state index contributed by atoms with van der Waals surface area (Å²) in [7, 11) is 3.90. The lowest BCUT2D eigenvalue weighted by Crippen LogP contribution is -2.40. The van der Waals surface area contributed by atoms with Crippen LogP contribution in [0.25, 0.3) is 6.08 Å². The van der Waals surface area contributed by atoms with E-state index in [-0.39, 0.29) is 17.4 Å². The molecule has 0 spiro atoms. The van der Waals surface area contributed by atoms with E-state index in [2.05, 4.69) is 5.32 Å². The molecule has 1 fully saturated rings. The number of carbonyl (C=O) groups is 3. The number of thioether (sulfide) groups is 1. The monoisotopic (exact) mass is 337 g/mol. The first-order valence-electron chi connectivity index (χ1n) is 7.17. The minimum absolute atomic E-state index is 0.255. The van der Waals surface area contributed by atoms with E-state index in [1.54, 1.807) is 12.1 Å². The van der Waals surface area contributed by atoms with Crippen molar-refractivity contribution in [3.8, 4) is 0 Å². The molecule has 0 aromatic carbocycles. The first kappa shape index (κ1) is 17.3. The summed E-state index contributed by atoms with van der Waals surface area (Å²) in [6.45, 7) is 1.10. The normalized spacial score (nSPS) is 16.7. The lowest BCUT2D eigenvalue weighted by Gasteiger charge is -2.13. The molecule has 0 radical (unpaired) electrons. The van der Waals surface area contributed by atoms with Crippen LogP contribution in [0.15, 0.2) is 27.7 Å². The maximum Gasteiger partial charge on any atom is 0.294 e. The van der Waals surface area contributed by atoms with Gasteiger partial charge in [-0.2, -0.15) is 0 Å². The lowest BCUT2D eigenvalue weighted by atomic mass is 10.3. The highest BCUT2D eigenvalue weighted by Gasteiger charge is 2.36. The fourth-order valence-corrected chi connectivity index (χ4v) is 2.78. The third-order valence-corrected chi connectivity index (χ3v) is 4.00. The SMILES string of the molecule is CN(C)CCCNC(=O)CN1C(=O)S/C(=C\c2ccco2)C1=O. The van der Waals surface area contributed by atoms with Gasteiger partial charge in [0, 0.05) is 12.6 Å². The van der Waals surface area contributed by atoms with Crippen molar-refractivity contribution in [3.63, 3.8) is 0 Å². The molecule has 3 amide bonds. The van der Waals surface area contributed by atoms with E-state index < -0.39 is 11.1 Å². The molecular weight excluding hydrogens is 318 g/mol. The van der Waals surface area contributed by atoms with Gasteiger partial charge in [-0.05, 0) is 51.0 Å². The van der Waals surface area contributed by atoms with Gasteiger partial charge < -0.3 is 14.6 Å². The maximum atomic E-state index is 12.2. The second kappa shape index (κ2) is 7.98. The molecule has 23 heavy (non-hydrogen) atoms. The van der Waals surface area contributed by atoms with Crippen LogP contribution in [-0.2, 0) is 9.59 Å². The summed E-state index contributed by atoms with van der Waals surface area (Å²) < 4.78 is 5.13. The Kier molecular flexibility index (Phi) is 6.00. The quantitative estimate of drug-likeness (QED) is 0.598. The van der Waals surface area contributed by atoms with Crippen LogP contribution in [0, 0.1) is 0 Å². The van der Waals surface area contributed by atoms with E-state index in [9.17, 15) is 14.4 Å². The Morgan fingerprint density at radius 1 is 1.43 bits per heavy atom. The molecule has 8 heteroatoms. The van der Waals surface area contributed by atoms with Gasteiger partial charge >= 0.3 is 0 Å². The summed E-state index contributed by atoms with van der Waals surface area (Å²) in [6.07, 6.45) is 3.79. The molecule has 1 N–H and O–H groups in total. The fraction of sp³-hybridized carbons (Fsp3) is 0.400. The van der Waals surface area contributed by atoms with Gasteiger partial charge in [0.2, 0.25) is 5.91 Å². The lowest BCUT2D eigenvalue weighted by molar-refractivity contribution is -0.129. The van der Waals surface area contributed by atoms with E-state index in [0.717, 1.165) is 29.6 Å². The summed E-state index contributed by atoms with van der Waals surface area (Å²) in [5.74, 6) is -0.325. The largest absolute Gasteiger partial charge is 0.465 e. The minimum atomic E-state index is -0.472. The Balaban J connectivity index is 1.87. The van der Waals surface area contributed by atoms with Crippen LogP contribution in [-0.4, -0.2) is 60.6 Å². The summed E-state index contributed by atoms with van der Waals surface area (Å²) in [5, 5.41) is 2.26. The molecule has 1 aromatic heterocycles. The first-order chi connectivity index (χ1) is 11.0. The highest BCUT2D eigenvalue weighted by Crippen LogP contribution is 2.31. The van der Waals surface area contributed by atoms with Gasteiger partial charge in [-0.15, -0.1) is 0 Å². The van der Waals surface area contributed by atoms with Crippen molar-refractivity contribution < 1.29 is 18.8 Å². The Bertz CT molecular complexity index is 610. The third-order valence-electron chi connectivity index (χ3n) is 3.10. The molecule has 1 aromatic rings. The fourth-order valence-electron chi connectivity index (χ4n) is 1.96. The average molecular weight is 337 g/mol. The van der Waals surface area contributed by atoms with Crippen molar-refractivity contribution in [1.29, 1.82) is 0 Å². The first-order valence-corrected chi connectivity index (χ1v) is 7.99. The zero-order chi connectivity index (χ0) is 16.8. The Morgan fingerprint density at radius 3 is 2.87 bits per heavy atom. The van der Waals surface area contributed by atoms with Crippen molar-refractivity contribution in [3.05, 3.63) is 29.1 Å². The van der Waals surface area contributed by atoms with Gasteiger partial charge in [0.15, 0.2) is 0 Å². The van der Waals surface area contributed by atoms with E-state index >= 15 is 0 Å². The average Bonchev–Trinajstić information content (AvgIpc) is 3.08. The van der Waals surface area contributed by atoms with Crippen LogP contribution in [0.2, 0.25) is 0 Å². The number of rotatable bonds is 7. The molecule has 1 aliphatic heterocycles. The number of nitrogens with zero attached hydrogens (tertiary/aromatic N) is 2. The van der Waals surface area contributed by atoms with Crippen molar-refractivity contribution in [2.75, 3.05) is 33.7 Å². The highest BCUT2D eigenvalue weighted by atomic mass is 32.2. The standard InChI is InChI=1S/C15H19N3O4S/c1-17(2)7-4-6-16-13(19)10-18-14(20)12(23-15(18)21)9-11-5-3-8-22-11/h3,5,8-9H,4,6-7,10H2,1-2H3,(H,16,19)/b12-9-. The summed E-state index contributed by atoms with van der Waals surface area (Å²) in [5.41, 5.74) is 0. The number of amides is 3. The maximum absolute atomic E-state index is 12.2. The second-order valence-electron chi connectivity index (χ2n) is 5.29. The summed E-state index contributed by atoms with van der Waals surface area (Å²) >= 11 is 0.806. The third kappa shape index (κ3) is 4.97. The molecule has 2 rings (SSSR count). The molecule has 7 nitrogen and oxygen atoms in total. The zero-order valence-corrected chi connectivity index (χ0v) is 13.9. The van der Waals surface area contributed by atoms with E-state index in [1.165, 1.54) is 12.3 Å². The van der Waals surface area contributed by atoms with Crippen molar-refractivity contribution in [2.24, 2.45) is 0 Å². The zero-order valence-electron chi connectivity index (χ0n) is 13.1. The van der Waals surface area contributed by atoms with Crippen LogP contribution in [0.3, 0.4) is 0 Å². The van der Waals surface area contributed by atoms with Gasteiger partial charge in [-0.25, -0.2) is 0 Å². The molecular formula is C15H19N3O4S. The molecule has 0 atom stereocenters. The number of nitrogens with one attached hydrogen (secondary N) is 1. The molecule has 2 heterocycles. The van der Waals surface area contributed by atoms with Crippen molar-refractivity contribution >= 4 is 34.9 Å². The van der Waals surface area contributed by atoms with Crippen molar-refractivity contribution in [2.45, 2.75) is 6.42 Å². The van der Waals surface area contributed by atoms with E-state index in [4.69, 9.17) is 4.42 Å². The number of furan rings is 1. The number of imide groups is 1. The molecule has 0 unspecified atom stereocenters. The van der Waals surface area contributed by atoms with Crippen LogP contribution >= 0.6 is 11.8 Å². The summed E-state index contributed by atoms with van der Waals surface area (Å²) in [4.78, 5) is 39.1. The topological polar surface area (TPSA) is 82.9 Å². The molecule has 0 saturated carbocycles.